The van der Waals surface area contributed by atoms with E-state index >= 15 is 0 Å². The van der Waals surface area contributed by atoms with Crippen molar-refractivity contribution in [2.45, 2.75) is 0 Å². The van der Waals surface area contributed by atoms with E-state index in [0.29, 0.717) is 39.1 Å². The van der Waals surface area contributed by atoms with Gasteiger partial charge in [0.2, 0.25) is 5.75 Å². The molecule has 8 heteroatoms. The lowest BCUT2D eigenvalue weighted by atomic mass is 10.1. The molecular weight excluding hydrogens is 328 g/mol. The average Bonchev–Trinajstić information content (AvgIpc) is 2.63. The van der Waals surface area contributed by atoms with Crippen molar-refractivity contribution >= 4 is 27.5 Å². The first-order valence-electron chi connectivity index (χ1n) is 7.34. The Morgan fingerprint density at radius 1 is 1.00 bits per heavy atom. The SMILES string of the molecule is COc1cc2c(=O)c3ccc([N+](=O)[O-])cc3n(C)c2c(OC)c1OC. The number of rotatable bonds is 4. The Labute approximate surface area is 142 Å². The highest BCUT2D eigenvalue weighted by molar-refractivity contribution is 5.99. The summed E-state index contributed by atoms with van der Waals surface area (Å²) in [5.74, 6) is 1.03. The van der Waals surface area contributed by atoms with Gasteiger partial charge in [0.1, 0.15) is 0 Å². The standard InChI is InChI=1S/C17H16N2O6/c1-18-12-7-9(19(21)22)5-6-10(12)15(20)11-8-13(23-2)16(24-3)17(25-4)14(11)18/h5-8H,1-4H3. The highest BCUT2D eigenvalue weighted by atomic mass is 16.6. The van der Waals surface area contributed by atoms with Gasteiger partial charge in [-0.15, -0.1) is 0 Å². The number of non-ortho nitro benzene ring substituents is 1. The summed E-state index contributed by atoms with van der Waals surface area (Å²) >= 11 is 0. The summed E-state index contributed by atoms with van der Waals surface area (Å²) in [4.78, 5) is 23.5. The largest absolute Gasteiger partial charge is 0.493 e. The third kappa shape index (κ3) is 2.34. The van der Waals surface area contributed by atoms with Crippen LogP contribution in [0.4, 0.5) is 5.69 Å². The predicted molar refractivity (Wildman–Crippen MR) is 93.0 cm³/mol. The molecular formula is C17H16N2O6. The molecule has 0 fully saturated rings. The summed E-state index contributed by atoms with van der Waals surface area (Å²) in [6.07, 6.45) is 0. The number of methoxy groups -OCH3 is 3. The number of fused-ring (bicyclic) bond motifs is 2. The fourth-order valence-electron chi connectivity index (χ4n) is 3.02. The van der Waals surface area contributed by atoms with Crippen LogP contribution in [-0.4, -0.2) is 30.8 Å². The predicted octanol–water partition coefficient (Wildman–Crippen LogP) is 2.63. The normalized spacial score (nSPS) is 10.9. The van der Waals surface area contributed by atoms with Crippen LogP contribution in [0.25, 0.3) is 21.8 Å². The van der Waals surface area contributed by atoms with E-state index in [2.05, 4.69) is 0 Å². The Bertz CT molecular complexity index is 1070. The molecule has 0 atom stereocenters. The highest BCUT2D eigenvalue weighted by Gasteiger charge is 2.22. The molecule has 0 unspecified atom stereocenters. The summed E-state index contributed by atoms with van der Waals surface area (Å²) in [5, 5.41) is 11.8. The third-order valence-electron chi connectivity index (χ3n) is 4.18. The molecule has 0 bridgehead atoms. The molecule has 25 heavy (non-hydrogen) atoms. The van der Waals surface area contributed by atoms with Gasteiger partial charge in [-0.1, -0.05) is 0 Å². The smallest absolute Gasteiger partial charge is 0.271 e. The van der Waals surface area contributed by atoms with Crippen LogP contribution in [-0.2, 0) is 7.05 Å². The molecule has 0 amide bonds. The van der Waals surface area contributed by atoms with Gasteiger partial charge in [0.25, 0.3) is 5.69 Å². The van der Waals surface area contributed by atoms with Crippen molar-refractivity contribution in [3.63, 3.8) is 0 Å². The minimum Gasteiger partial charge on any atom is -0.493 e. The monoisotopic (exact) mass is 344 g/mol. The lowest BCUT2D eigenvalue weighted by Gasteiger charge is -2.18. The Hall–Kier alpha value is -3.29. The molecule has 0 aliphatic rings. The lowest BCUT2D eigenvalue weighted by Crippen LogP contribution is -2.11. The summed E-state index contributed by atoms with van der Waals surface area (Å²) in [6, 6.07) is 5.72. The second kappa shape index (κ2) is 5.97. The fraction of sp³-hybridized carbons (Fsp3) is 0.235. The Balaban J connectivity index is 2.59. The topological polar surface area (TPSA) is 92.8 Å². The quantitative estimate of drug-likeness (QED) is 0.410. The van der Waals surface area contributed by atoms with Crippen molar-refractivity contribution < 1.29 is 19.1 Å². The van der Waals surface area contributed by atoms with Crippen LogP contribution in [0.2, 0.25) is 0 Å². The first kappa shape index (κ1) is 16.6. The van der Waals surface area contributed by atoms with Crippen molar-refractivity contribution in [1.82, 2.24) is 4.57 Å². The van der Waals surface area contributed by atoms with Crippen LogP contribution < -0.4 is 19.6 Å². The molecule has 0 saturated carbocycles. The van der Waals surface area contributed by atoms with Gasteiger partial charge in [0.15, 0.2) is 16.9 Å². The van der Waals surface area contributed by atoms with Gasteiger partial charge in [0, 0.05) is 24.6 Å². The maximum absolute atomic E-state index is 12.9. The molecule has 0 aliphatic carbocycles. The lowest BCUT2D eigenvalue weighted by molar-refractivity contribution is -0.384. The van der Waals surface area contributed by atoms with E-state index in [0.717, 1.165) is 0 Å². The van der Waals surface area contributed by atoms with Crippen molar-refractivity contribution in [3.05, 3.63) is 44.6 Å². The Kier molecular flexibility index (Phi) is 3.96. The number of nitrogens with zero attached hydrogens (tertiary/aromatic N) is 2. The van der Waals surface area contributed by atoms with Gasteiger partial charge in [-0.05, 0) is 12.1 Å². The first-order valence-corrected chi connectivity index (χ1v) is 7.34. The van der Waals surface area contributed by atoms with E-state index in [1.807, 2.05) is 0 Å². The number of benzene rings is 2. The Morgan fingerprint density at radius 3 is 2.24 bits per heavy atom. The number of nitro benzene ring substituents is 1. The molecule has 1 aromatic heterocycles. The van der Waals surface area contributed by atoms with E-state index in [4.69, 9.17) is 14.2 Å². The third-order valence-corrected chi connectivity index (χ3v) is 4.18. The number of pyridine rings is 1. The number of nitro groups is 1. The minimum absolute atomic E-state index is 0.0960. The van der Waals surface area contributed by atoms with Gasteiger partial charge in [-0.25, -0.2) is 0 Å². The molecule has 3 rings (SSSR count). The molecule has 1 heterocycles. The highest BCUT2D eigenvalue weighted by Crippen LogP contribution is 2.43. The van der Waals surface area contributed by atoms with E-state index in [9.17, 15) is 14.9 Å². The zero-order chi connectivity index (χ0) is 18.3. The van der Waals surface area contributed by atoms with Crippen LogP contribution >= 0.6 is 0 Å². The number of hydrogen-bond donors (Lipinski definition) is 0. The van der Waals surface area contributed by atoms with Crippen molar-refractivity contribution in [2.24, 2.45) is 7.05 Å². The van der Waals surface area contributed by atoms with Crippen LogP contribution in [0, 0.1) is 10.1 Å². The van der Waals surface area contributed by atoms with Crippen LogP contribution in [0.3, 0.4) is 0 Å². The number of aryl methyl sites for hydroxylation is 1. The molecule has 3 aromatic rings. The summed E-state index contributed by atoms with van der Waals surface area (Å²) in [7, 11) is 6.11. The van der Waals surface area contributed by atoms with Crippen molar-refractivity contribution in [1.29, 1.82) is 0 Å². The van der Waals surface area contributed by atoms with Crippen LogP contribution in [0.15, 0.2) is 29.1 Å². The molecule has 8 nitrogen and oxygen atoms in total. The maximum Gasteiger partial charge on any atom is 0.271 e. The van der Waals surface area contributed by atoms with Crippen molar-refractivity contribution in [3.8, 4) is 17.2 Å². The molecule has 0 N–H and O–H groups in total. The average molecular weight is 344 g/mol. The summed E-state index contributed by atoms with van der Waals surface area (Å²) < 4.78 is 17.8. The molecule has 0 spiro atoms. The van der Waals surface area contributed by atoms with Crippen LogP contribution in [0.5, 0.6) is 17.2 Å². The van der Waals surface area contributed by atoms with Gasteiger partial charge >= 0.3 is 0 Å². The maximum atomic E-state index is 12.9. The van der Waals surface area contributed by atoms with Gasteiger partial charge in [-0.3, -0.25) is 14.9 Å². The van der Waals surface area contributed by atoms with E-state index in [1.165, 1.54) is 39.5 Å². The molecule has 0 radical (unpaired) electrons. The van der Waals surface area contributed by atoms with Gasteiger partial charge < -0.3 is 18.8 Å². The number of hydrogen-bond acceptors (Lipinski definition) is 6. The molecule has 0 saturated heterocycles. The molecule has 2 aromatic carbocycles. The van der Waals surface area contributed by atoms with E-state index in [-0.39, 0.29) is 11.1 Å². The first-order chi connectivity index (χ1) is 11.9. The van der Waals surface area contributed by atoms with E-state index in [1.54, 1.807) is 17.7 Å². The second-order valence-corrected chi connectivity index (χ2v) is 5.39. The zero-order valence-corrected chi connectivity index (χ0v) is 14.2. The Morgan fingerprint density at radius 2 is 1.68 bits per heavy atom. The summed E-state index contributed by atoms with van der Waals surface area (Å²) in [5.41, 5.74) is 0.536. The number of ether oxygens (including phenoxy) is 3. The minimum atomic E-state index is -0.500. The summed E-state index contributed by atoms with van der Waals surface area (Å²) in [6.45, 7) is 0. The van der Waals surface area contributed by atoms with E-state index < -0.39 is 4.92 Å². The van der Waals surface area contributed by atoms with Gasteiger partial charge in [-0.2, -0.15) is 0 Å². The van der Waals surface area contributed by atoms with Gasteiger partial charge in [0.05, 0.1) is 42.7 Å². The van der Waals surface area contributed by atoms with Crippen LogP contribution in [0.1, 0.15) is 0 Å². The second-order valence-electron chi connectivity index (χ2n) is 5.39. The molecule has 130 valence electrons. The molecule has 0 aliphatic heterocycles. The number of aromatic nitrogens is 1. The fourth-order valence-corrected chi connectivity index (χ4v) is 3.02. The zero-order valence-electron chi connectivity index (χ0n) is 14.2. The van der Waals surface area contributed by atoms with Crippen molar-refractivity contribution in [2.75, 3.05) is 21.3 Å².